The number of amides is 1. The fourth-order valence-electron chi connectivity index (χ4n) is 6.98. The molecule has 0 radical (unpaired) electrons. The average Bonchev–Trinajstić information content (AvgIpc) is 3.35. The van der Waals surface area contributed by atoms with E-state index in [4.69, 9.17) is 21.3 Å². The van der Waals surface area contributed by atoms with Crippen molar-refractivity contribution in [3.8, 4) is 11.3 Å². The van der Waals surface area contributed by atoms with E-state index in [0.29, 0.717) is 35.0 Å². The van der Waals surface area contributed by atoms with Crippen molar-refractivity contribution in [2.24, 2.45) is 17.3 Å². The van der Waals surface area contributed by atoms with E-state index in [-0.39, 0.29) is 18.5 Å². The standard InChI is InChI=1S/C29H29ClN2O4S/c30-23-8-6-22(7-9-23)24-17-37-27(31-24)32(15-19-4-2-1-3-5-19)25(33)16-36-26(34)28-11-20-10-21(12-28)14-29(35,13-20)18-28/h1-9,17,20-21,35H,10-16,18H2/t20-,21-,28?,29?/m0/s1. The first-order valence-corrected chi connectivity index (χ1v) is 14.0. The Morgan fingerprint density at radius 2 is 1.76 bits per heavy atom. The van der Waals surface area contributed by atoms with Gasteiger partial charge in [-0.2, -0.15) is 0 Å². The minimum atomic E-state index is -0.759. The molecule has 0 aliphatic heterocycles. The smallest absolute Gasteiger partial charge is 0.312 e. The summed E-state index contributed by atoms with van der Waals surface area (Å²) in [5.41, 5.74) is 1.19. The van der Waals surface area contributed by atoms with Gasteiger partial charge in [-0.3, -0.25) is 14.5 Å². The molecule has 0 saturated heterocycles. The summed E-state index contributed by atoms with van der Waals surface area (Å²) in [6.45, 7) is -0.0309. The molecule has 1 heterocycles. The molecular formula is C29H29ClN2O4S. The van der Waals surface area contributed by atoms with Gasteiger partial charge in [-0.1, -0.05) is 54.1 Å². The molecule has 3 aromatic rings. The van der Waals surface area contributed by atoms with Crippen LogP contribution < -0.4 is 4.90 Å². The van der Waals surface area contributed by atoms with Crippen molar-refractivity contribution in [3.05, 3.63) is 70.6 Å². The summed E-state index contributed by atoms with van der Waals surface area (Å²) in [5, 5.41) is 14.1. The highest BCUT2D eigenvalue weighted by molar-refractivity contribution is 7.14. The lowest BCUT2D eigenvalue weighted by Gasteiger charge is -2.58. The Labute approximate surface area is 225 Å². The Bertz CT molecular complexity index is 1290. The van der Waals surface area contributed by atoms with Crippen LogP contribution in [0, 0.1) is 17.3 Å². The number of anilines is 1. The van der Waals surface area contributed by atoms with Gasteiger partial charge in [0, 0.05) is 16.0 Å². The molecule has 2 atom stereocenters. The van der Waals surface area contributed by atoms with E-state index in [1.807, 2.05) is 60.0 Å². The van der Waals surface area contributed by atoms with Gasteiger partial charge in [0.15, 0.2) is 11.7 Å². The third-order valence-electron chi connectivity index (χ3n) is 8.14. The number of thiazole rings is 1. The molecule has 4 saturated carbocycles. The summed E-state index contributed by atoms with van der Waals surface area (Å²) in [7, 11) is 0. The van der Waals surface area contributed by atoms with Gasteiger partial charge in [0.1, 0.15) is 0 Å². The van der Waals surface area contributed by atoms with Crippen LogP contribution in [0.2, 0.25) is 5.02 Å². The maximum Gasteiger partial charge on any atom is 0.312 e. The Kier molecular flexibility index (Phi) is 6.33. The number of rotatable bonds is 7. The minimum Gasteiger partial charge on any atom is -0.455 e. The van der Waals surface area contributed by atoms with Gasteiger partial charge in [-0.15, -0.1) is 11.3 Å². The number of nitrogens with zero attached hydrogens (tertiary/aromatic N) is 2. The summed E-state index contributed by atoms with van der Waals surface area (Å²) < 4.78 is 5.70. The van der Waals surface area contributed by atoms with E-state index in [9.17, 15) is 14.7 Å². The quantitative estimate of drug-likeness (QED) is 0.382. The number of carbonyl (C=O) groups excluding carboxylic acids is 2. The minimum absolute atomic E-state index is 0.319. The summed E-state index contributed by atoms with van der Waals surface area (Å²) in [5.74, 6) is 0.0723. The molecule has 7 rings (SSSR count). The number of benzene rings is 2. The number of hydrogen-bond donors (Lipinski definition) is 1. The number of esters is 1. The highest BCUT2D eigenvalue weighted by Gasteiger charge is 2.61. The molecule has 4 aliphatic carbocycles. The van der Waals surface area contributed by atoms with Crippen LogP contribution in [0.3, 0.4) is 0 Å². The average molecular weight is 537 g/mol. The largest absolute Gasteiger partial charge is 0.455 e. The molecule has 4 bridgehead atoms. The molecule has 6 nitrogen and oxygen atoms in total. The van der Waals surface area contributed by atoms with Crippen LogP contribution in [-0.2, 0) is 20.9 Å². The van der Waals surface area contributed by atoms with Crippen LogP contribution in [0.1, 0.15) is 44.1 Å². The number of ether oxygens (including phenoxy) is 1. The van der Waals surface area contributed by atoms with E-state index in [2.05, 4.69) is 0 Å². The second kappa shape index (κ2) is 9.53. The maximum absolute atomic E-state index is 13.5. The molecule has 1 amide bonds. The van der Waals surface area contributed by atoms with Crippen molar-refractivity contribution in [1.82, 2.24) is 4.98 Å². The van der Waals surface area contributed by atoms with Gasteiger partial charge in [-0.05, 0) is 68.1 Å². The molecule has 2 aromatic carbocycles. The van der Waals surface area contributed by atoms with Crippen molar-refractivity contribution in [3.63, 3.8) is 0 Å². The number of halogens is 1. The summed E-state index contributed by atoms with van der Waals surface area (Å²) in [4.78, 5) is 33.1. The van der Waals surface area contributed by atoms with E-state index < -0.39 is 11.0 Å². The van der Waals surface area contributed by atoms with Gasteiger partial charge in [0.25, 0.3) is 5.91 Å². The van der Waals surface area contributed by atoms with Crippen LogP contribution in [0.5, 0.6) is 0 Å². The fourth-order valence-corrected chi connectivity index (χ4v) is 7.96. The molecule has 1 N–H and O–H groups in total. The zero-order valence-electron chi connectivity index (χ0n) is 20.4. The third-order valence-corrected chi connectivity index (χ3v) is 9.25. The monoisotopic (exact) mass is 536 g/mol. The molecular weight excluding hydrogens is 508 g/mol. The Morgan fingerprint density at radius 1 is 1.05 bits per heavy atom. The first-order chi connectivity index (χ1) is 17.8. The van der Waals surface area contributed by atoms with E-state index in [1.165, 1.54) is 11.3 Å². The topological polar surface area (TPSA) is 79.7 Å². The number of aliphatic hydroxyl groups is 1. The van der Waals surface area contributed by atoms with Gasteiger partial charge in [-0.25, -0.2) is 4.98 Å². The lowest BCUT2D eigenvalue weighted by molar-refractivity contribution is -0.196. The molecule has 4 aliphatic rings. The first-order valence-electron chi connectivity index (χ1n) is 12.8. The van der Waals surface area contributed by atoms with Gasteiger partial charge in [0.2, 0.25) is 0 Å². The summed E-state index contributed by atoms with van der Waals surface area (Å²) in [6.07, 6.45) is 4.60. The lowest BCUT2D eigenvalue weighted by atomic mass is 9.48. The molecule has 8 heteroatoms. The Balaban J connectivity index is 1.20. The SMILES string of the molecule is O=C(COC(=O)C12C[C@@H]3C[C@H](CC(O)(C3)C1)C2)N(Cc1ccccc1)c1nc(-c2ccc(Cl)cc2)cs1. The first kappa shape index (κ1) is 24.6. The highest BCUT2D eigenvalue weighted by atomic mass is 35.5. The van der Waals surface area contributed by atoms with Crippen molar-refractivity contribution >= 4 is 39.9 Å². The van der Waals surface area contributed by atoms with Gasteiger partial charge in [0.05, 0.1) is 23.3 Å². The zero-order valence-corrected chi connectivity index (χ0v) is 22.0. The molecule has 37 heavy (non-hydrogen) atoms. The Hall–Kier alpha value is -2.74. The second-order valence-electron chi connectivity index (χ2n) is 11.0. The molecule has 192 valence electrons. The normalized spacial score (nSPS) is 27.7. The molecule has 0 unspecified atom stereocenters. The van der Waals surface area contributed by atoms with Crippen molar-refractivity contribution in [1.29, 1.82) is 0 Å². The van der Waals surface area contributed by atoms with Gasteiger partial charge < -0.3 is 9.84 Å². The lowest BCUT2D eigenvalue weighted by Crippen LogP contribution is -2.58. The third kappa shape index (κ3) is 4.92. The number of hydrogen-bond acceptors (Lipinski definition) is 6. The van der Waals surface area contributed by atoms with Crippen LogP contribution in [0.15, 0.2) is 60.0 Å². The van der Waals surface area contributed by atoms with Crippen LogP contribution >= 0.6 is 22.9 Å². The number of aromatic nitrogens is 1. The predicted octanol–water partition coefficient (Wildman–Crippen LogP) is 5.87. The van der Waals surface area contributed by atoms with E-state index >= 15 is 0 Å². The fraction of sp³-hybridized carbons (Fsp3) is 0.414. The predicted molar refractivity (Wildman–Crippen MR) is 143 cm³/mol. The molecule has 0 spiro atoms. The van der Waals surface area contributed by atoms with Crippen molar-refractivity contribution in [2.45, 2.75) is 50.7 Å². The molecule has 1 aromatic heterocycles. The van der Waals surface area contributed by atoms with Crippen LogP contribution in [0.25, 0.3) is 11.3 Å². The molecule has 4 fully saturated rings. The second-order valence-corrected chi connectivity index (χ2v) is 12.3. The Morgan fingerprint density at radius 3 is 2.43 bits per heavy atom. The summed E-state index contributed by atoms with van der Waals surface area (Å²) in [6, 6.07) is 17.1. The highest BCUT2D eigenvalue weighted by Crippen LogP contribution is 2.62. The van der Waals surface area contributed by atoms with Crippen LogP contribution in [-0.4, -0.2) is 34.2 Å². The van der Waals surface area contributed by atoms with E-state index in [1.54, 1.807) is 4.90 Å². The van der Waals surface area contributed by atoms with Crippen molar-refractivity contribution < 1.29 is 19.4 Å². The van der Waals surface area contributed by atoms with Gasteiger partial charge >= 0.3 is 5.97 Å². The zero-order chi connectivity index (χ0) is 25.6. The maximum atomic E-state index is 13.5. The van der Waals surface area contributed by atoms with Crippen LogP contribution in [0.4, 0.5) is 5.13 Å². The number of carbonyl (C=O) groups is 2. The van der Waals surface area contributed by atoms with Crippen molar-refractivity contribution in [2.75, 3.05) is 11.5 Å². The van der Waals surface area contributed by atoms with E-state index in [0.717, 1.165) is 48.9 Å². The summed E-state index contributed by atoms with van der Waals surface area (Å²) >= 11 is 7.40.